The van der Waals surface area contributed by atoms with E-state index in [9.17, 15) is 9.59 Å². The van der Waals surface area contributed by atoms with Gasteiger partial charge in [-0.25, -0.2) is 4.79 Å². The van der Waals surface area contributed by atoms with E-state index in [-0.39, 0.29) is 24.1 Å². The molecule has 3 aliphatic rings. The summed E-state index contributed by atoms with van der Waals surface area (Å²) in [6.07, 6.45) is 5.11. The largest absolute Gasteiger partial charge is 0.487 e. The number of pyridine rings is 1. The van der Waals surface area contributed by atoms with Crippen molar-refractivity contribution in [3.8, 4) is 5.75 Å². The smallest absolute Gasteiger partial charge is 0.321 e. The Kier molecular flexibility index (Phi) is 5.46. The van der Waals surface area contributed by atoms with Gasteiger partial charge in [-0.05, 0) is 48.7 Å². The van der Waals surface area contributed by atoms with Crippen LogP contribution in [-0.4, -0.2) is 71.7 Å². The van der Waals surface area contributed by atoms with Crippen LogP contribution >= 0.6 is 0 Å². The third kappa shape index (κ3) is 4.34. The minimum absolute atomic E-state index is 0.00343. The third-order valence-corrected chi connectivity index (χ3v) is 6.10. The Balaban J connectivity index is 1.05. The van der Waals surface area contributed by atoms with Gasteiger partial charge in [-0.3, -0.25) is 9.78 Å². The number of benzene rings is 1. The van der Waals surface area contributed by atoms with Crippen LogP contribution in [0.5, 0.6) is 5.75 Å². The highest BCUT2D eigenvalue weighted by Gasteiger charge is 2.37. The number of carbonyl (C=O) groups is 2. The fourth-order valence-corrected chi connectivity index (χ4v) is 4.15. The van der Waals surface area contributed by atoms with Crippen LogP contribution in [0.15, 0.2) is 48.8 Å². The molecule has 1 N–H and O–H groups in total. The number of ether oxygens (including phenoxy) is 2. The number of amides is 3. The molecule has 0 radical (unpaired) electrons. The van der Waals surface area contributed by atoms with Gasteiger partial charge in [0.2, 0.25) is 0 Å². The maximum atomic E-state index is 12.4. The monoisotopic (exact) mass is 422 g/mol. The summed E-state index contributed by atoms with van der Waals surface area (Å²) in [6.45, 7) is 3.24. The SMILES string of the molecule is O=C(Nc1ccc(OC2CN(C(=O)[C@@H]3CCCO3)C2)cc1)N1CC(c2cccnc2)C1. The van der Waals surface area contributed by atoms with Gasteiger partial charge in [-0.2, -0.15) is 0 Å². The molecule has 5 rings (SSSR count). The fraction of sp³-hybridized carbons (Fsp3) is 0.435. The van der Waals surface area contributed by atoms with Crippen molar-refractivity contribution >= 4 is 17.6 Å². The summed E-state index contributed by atoms with van der Waals surface area (Å²) in [5, 5.41) is 2.93. The molecule has 1 aromatic carbocycles. The summed E-state index contributed by atoms with van der Waals surface area (Å²) in [5.74, 6) is 1.16. The predicted molar refractivity (Wildman–Crippen MR) is 114 cm³/mol. The summed E-state index contributed by atoms with van der Waals surface area (Å²) in [5.41, 5.74) is 1.89. The van der Waals surface area contributed by atoms with E-state index >= 15 is 0 Å². The molecule has 0 aliphatic carbocycles. The van der Waals surface area contributed by atoms with Crippen molar-refractivity contribution in [3.63, 3.8) is 0 Å². The molecule has 1 atom stereocenters. The summed E-state index contributed by atoms with van der Waals surface area (Å²) >= 11 is 0. The lowest BCUT2D eigenvalue weighted by Crippen LogP contribution is -2.58. The number of anilines is 1. The van der Waals surface area contributed by atoms with Crippen molar-refractivity contribution in [1.82, 2.24) is 14.8 Å². The molecular formula is C23H26N4O4. The Morgan fingerprint density at radius 1 is 1.06 bits per heavy atom. The van der Waals surface area contributed by atoms with Crippen molar-refractivity contribution in [1.29, 1.82) is 0 Å². The van der Waals surface area contributed by atoms with E-state index in [0.29, 0.717) is 38.7 Å². The zero-order chi connectivity index (χ0) is 21.2. The van der Waals surface area contributed by atoms with Gasteiger partial charge in [-0.15, -0.1) is 0 Å². The minimum Gasteiger partial charge on any atom is -0.487 e. The summed E-state index contributed by atoms with van der Waals surface area (Å²) < 4.78 is 11.4. The number of nitrogens with zero attached hydrogens (tertiary/aromatic N) is 3. The van der Waals surface area contributed by atoms with E-state index in [1.807, 2.05) is 42.6 Å². The van der Waals surface area contributed by atoms with Gasteiger partial charge in [-0.1, -0.05) is 6.07 Å². The second kappa shape index (κ2) is 8.55. The highest BCUT2D eigenvalue weighted by atomic mass is 16.5. The Bertz CT molecular complexity index is 918. The number of likely N-dealkylation sites (tertiary alicyclic amines) is 2. The van der Waals surface area contributed by atoms with Crippen molar-refractivity contribution in [2.24, 2.45) is 0 Å². The van der Waals surface area contributed by atoms with Crippen LogP contribution in [0.4, 0.5) is 10.5 Å². The Hall–Kier alpha value is -3.13. The first-order chi connectivity index (χ1) is 15.2. The average molecular weight is 422 g/mol. The molecule has 0 unspecified atom stereocenters. The number of rotatable bonds is 5. The maximum absolute atomic E-state index is 12.4. The van der Waals surface area contributed by atoms with Crippen LogP contribution in [0.2, 0.25) is 0 Å². The Morgan fingerprint density at radius 3 is 2.55 bits per heavy atom. The fourth-order valence-electron chi connectivity index (χ4n) is 4.15. The first-order valence-electron chi connectivity index (χ1n) is 10.8. The standard InChI is InChI=1S/C23H26N4O4/c28-22(21-4-2-10-30-21)26-14-20(15-26)31-19-7-5-18(6-8-19)25-23(29)27-12-17(13-27)16-3-1-9-24-11-16/h1,3,5-9,11,17,20-21H,2,4,10,12-15H2,(H,25,29)/t21-/m0/s1. The van der Waals surface area contributed by atoms with Crippen molar-refractivity contribution in [2.75, 3.05) is 38.1 Å². The van der Waals surface area contributed by atoms with Gasteiger partial charge in [0.1, 0.15) is 18.0 Å². The molecule has 1 aromatic heterocycles. The van der Waals surface area contributed by atoms with Crippen LogP contribution < -0.4 is 10.1 Å². The number of hydrogen-bond acceptors (Lipinski definition) is 5. The van der Waals surface area contributed by atoms with Crippen LogP contribution in [-0.2, 0) is 9.53 Å². The zero-order valence-corrected chi connectivity index (χ0v) is 17.3. The first kappa shape index (κ1) is 19.8. The van der Waals surface area contributed by atoms with Gasteiger partial charge in [0.25, 0.3) is 5.91 Å². The van der Waals surface area contributed by atoms with Crippen LogP contribution in [0.25, 0.3) is 0 Å². The Labute approximate surface area is 181 Å². The van der Waals surface area contributed by atoms with E-state index in [1.54, 1.807) is 16.0 Å². The topological polar surface area (TPSA) is 84.0 Å². The van der Waals surface area contributed by atoms with Crippen LogP contribution in [0.3, 0.4) is 0 Å². The minimum atomic E-state index is -0.269. The molecule has 2 aromatic rings. The van der Waals surface area contributed by atoms with E-state index in [4.69, 9.17) is 9.47 Å². The normalized spacial score (nSPS) is 21.4. The van der Waals surface area contributed by atoms with E-state index in [0.717, 1.165) is 24.3 Å². The average Bonchev–Trinajstić information content (AvgIpc) is 3.26. The van der Waals surface area contributed by atoms with Crippen LogP contribution in [0, 0.1) is 0 Å². The summed E-state index contributed by atoms with van der Waals surface area (Å²) in [6, 6.07) is 11.2. The van der Waals surface area contributed by atoms with E-state index < -0.39 is 0 Å². The third-order valence-electron chi connectivity index (χ3n) is 6.10. The van der Waals surface area contributed by atoms with Gasteiger partial charge in [0.05, 0.1) is 13.1 Å². The van der Waals surface area contributed by atoms with Gasteiger partial charge in [0, 0.05) is 43.7 Å². The highest BCUT2D eigenvalue weighted by Crippen LogP contribution is 2.27. The molecule has 3 saturated heterocycles. The molecule has 8 nitrogen and oxygen atoms in total. The summed E-state index contributed by atoms with van der Waals surface area (Å²) in [7, 11) is 0. The van der Waals surface area contributed by atoms with E-state index in [1.165, 1.54) is 5.56 Å². The lowest BCUT2D eigenvalue weighted by Gasteiger charge is -2.40. The predicted octanol–water partition coefficient (Wildman–Crippen LogP) is 2.48. The molecule has 3 aliphatic heterocycles. The number of urea groups is 1. The van der Waals surface area contributed by atoms with Crippen molar-refractivity contribution in [2.45, 2.75) is 31.0 Å². The molecule has 0 saturated carbocycles. The molecular weight excluding hydrogens is 396 g/mol. The summed E-state index contributed by atoms with van der Waals surface area (Å²) in [4.78, 5) is 32.4. The molecule has 8 heteroatoms. The number of hydrogen-bond donors (Lipinski definition) is 1. The van der Waals surface area contributed by atoms with Gasteiger partial charge < -0.3 is 24.6 Å². The maximum Gasteiger partial charge on any atom is 0.321 e. The van der Waals surface area contributed by atoms with E-state index in [2.05, 4.69) is 10.3 Å². The molecule has 0 bridgehead atoms. The molecule has 3 amide bonds. The lowest BCUT2D eigenvalue weighted by molar-refractivity contribution is -0.149. The molecule has 3 fully saturated rings. The van der Waals surface area contributed by atoms with Crippen molar-refractivity contribution in [3.05, 3.63) is 54.4 Å². The Morgan fingerprint density at radius 2 is 1.87 bits per heavy atom. The first-order valence-corrected chi connectivity index (χ1v) is 10.8. The van der Waals surface area contributed by atoms with Gasteiger partial charge >= 0.3 is 6.03 Å². The molecule has 0 spiro atoms. The molecule has 162 valence electrons. The van der Waals surface area contributed by atoms with Crippen LogP contribution in [0.1, 0.15) is 24.3 Å². The van der Waals surface area contributed by atoms with Crippen molar-refractivity contribution < 1.29 is 19.1 Å². The second-order valence-electron chi connectivity index (χ2n) is 8.33. The number of aromatic nitrogens is 1. The quantitative estimate of drug-likeness (QED) is 0.800. The lowest BCUT2D eigenvalue weighted by atomic mass is 9.93. The highest BCUT2D eigenvalue weighted by molar-refractivity contribution is 5.90. The molecule has 4 heterocycles. The molecule has 31 heavy (non-hydrogen) atoms. The number of carbonyl (C=O) groups excluding carboxylic acids is 2. The second-order valence-corrected chi connectivity index (χ2v) is 8.33. The van der Waals surface area contributed by atoms with Gasteiger partial charge in [0.15, 0.2) is 0 Å². The number of nitrogens with one attached hydrogen (secondary N) is 1. The zero-order valence-electron chi connectivity index (χ0n) is 17.3.